The van der Waals surface area contributed by atoms with Crippen LogP contribution in [0.15, 0.2) is 47.4 Å². The van der Waals surface area contributed by atoms with Gasteiger partial charge in [0.25, 0.3) is 0 Å². The molecule has 0 atom stereocenters. The molecule has 1 heterocycles. The zero-order valence-corrected chi connectivity index (χ0v) is 15.8. The third kappa shape index (κ3) is 3.83. The Balaban J connectivity index is 1.69. The highest BCUT2D eigenvalue weighted by molar-refractivity contribution is 7.89. The Kier molecular flexibility index (Phi) is 5.48. The largest absolute Gasteiger partial charge is 0.494 e. The molecule has 0 spiro atoms. The lowest BCUT2D eigenvalue weighted by Gasteiger charge is -2.35. The Morgan fingerprint density at radius 3 is 2.27 bits per heavy atom. The van der Waals surface area contributed by atoms with Gasteiger partial charge in [-0.2, -0.15) is 4.31 Å². The van der Waals surface area contributed by atoms with Crippen LogP contribution in [0.4, 0.5) is 10.1 Å². The highest BCUT2D eigenvalue weighted by Crippen LogP contribution is 2.25. The topological polar surface area (TPSA) is 49.9 Å². The number of sulfonamides is 1. The second-order valence-corrected chi connectivity index (χ2v) is 8.13. The molecule has 1 aliphatic heterocycles. The summed E-state index contributed by atoms with van der Waals surface area (Å²) in [6.07, 6.45) is 0. The first kappa shape index (κ1) is 18.7. The zero-order chi connectivity index (χ0) is 18.7. The lowest BCUT2D eigenvalue weighted by Crippen LogP contribution is -2.48. The van der Waals surface area contributed by atoms with Crippen LogP contribution in [0.25, 0.3) is 0 Å². The second kappa shape index (κ2) is 7.63. The SMILES string of the molecule is CCOc1ccc(N2CCN(S(=O)(=O)c3ccc(F)cc3C)CC2)cc1. The van der Waals surface area contributed by atoms with Gasteiger partial charge in [-0.1, -0.05) is 0 Å². The fourth-order valence-electron chi connectivity index (χ4n) is 3.15. The minimum absolute atomic E-state index is 0.174. The number of hydrogen-bond donors (Lipinski definition) is 0. The fraction of sp³-hybridized carbons (Fsp3) is 0.368. The van der Waals surface area contributed by atoms with Crippen molar-refractivity contribution in [1.29, 1.82) is 0 Å². The minimum Gasteiger partial charge on any atom is -0.494 e. The van der Waals surface area contributed by atoms with E-state index in [4.69, 9.17) is 4.74 Å². The Labute approximate surface area is 154 Å². The van der Waals surface area contributed by atoms with Crippen molar-refractivity contribution in [2.24, 2.45) is 0 Å². The van der Waals surface area contributed by atoms with Gasteiger partial charge in [0.2, 0.25) is 10.0 Å². The Hall–Kier alpha value is -2.12. The normalized spacial score (nSPS) is 15.9. The summed E-state index contributed by atoms with van der Waals surface area (Å²) in [5, 5.41) is 0. The molecule has 1 fully saturated rings. The summed E-state index contributed by atoms with van der Waals surface area (Å²) in [5.74, 6) is 0.394. The number of rotatable bonds is 5. The van der Waals surface area contributed by atoms with E-state index in [9.17, 15) is 12.8 Å². The van der Waals surface area contributed by atoms with Crippen LogP contribution >= 0.6 is 0 Å². The molecule has 2 aromatic rings. The van der Waals surface area contributed by atoms with Crippen LogP contribution in [-0.4, -0.2) is 45.5 Å². The molecule has 140 valence electrons. The number of hydrogen-bond acceptors (Lipinski definition) is 4. The highest BCUT2D eigenvalue weighted by atomic mass is 32.2. The van der Waals surface area contributed by atoms with E-state index in [1.165, 1.54) is 22.5 Å². The highest BCUT2D eigenvalue weighted by Gasteiger charge is 2.29. The van der Waals surface area contributed by atoms with Gasteiger partial charge >= 0.3 is 0 Å². The van der Waals surface area contributed by atoms with E-state index >= 15 is 0 Å². The van der Waals surface area contributed by atoms with Gasteiger partial charge in [0.1, 0.15) is 11.6 Å². The van der Waals surface area contributed by atoms with Crippen molar-refractivity contribution in [3.05, 3.63) is 53.8 Å². The summed E-state index contributed by atoms with van der Waals surface area (Å²) >= 11 is 0. The van der Waals surface area contributed by atoms with Gasteiger partial charge in [-0.25, -0.2) is 12.8 Å². The molecule has 0 unspecified atom stereocenters. The molecule has 1 aliphatic rings. The van der Waals surface area contributed by atoms with E-state index in [-0.39, 0.29) is 4.90 Å². The molecule has 0 radical (unpaired) electrons. The van der Waals surface area contributed by atoms with Crippen LogP contribution in [0.5, 0.6) is 5.75 Å². The fourth-order valence-corrected chi connectivity index (χ4v) is 4.78. The van der Waals surface area contributed by atoms with Crippen molar-refractivity contribution >= 4 is 15.7 Å². The van der Waals surface area contributed by atoms with Crippen LogP contribution in [0, 0.1) is 12.7 Å². The van der Waals surface area contributed by atoms with Crippen LogP contribution < -0.4 is 9.64 Å². The molecule has 26 heavy (non-hydrogen) atoms. The maximum absolute atomic E-state index is 13.3. The van der Waals surface area contributed by atoms with Gasteiger partial charge in [-0.05, 0) is 61.9 Å². The Morgan fingerprint density at radius 2 is 1.69 bits per heavy atom. The number of halogens is 1. The average molecular weight is 378 g/mol. The van der Waals surface area contributed by atoms with Crippen molar-refractivity contribution in [2.45, 2.75) is 18.7 Å². The van der Waals surface area contributed by atoms with Crippen molar-refractivity contribution < 1.29 is 17.5 Å². The summed E-state index contributed by atoms with van der Waals surface area (Å²) in [7, 11) is -3.61. The molecule has 3 rings (SSSR count). The number of benzene rings is 2. The summed E-state index contributed by atoms with van der Waals surface area (Å²) in [5.41, 5.74) is 1.47. The average Bonchev–Trinajstić information content (AvgIpc) is 2.62. The second-order valence-electron chi connectivity index (χ2n) is 6.23. The molecular formula is C19H23FN2O3S. The van der Waals surface area contributed by atoms with E-state index in [0.29, 0.717) is 38.3 Å². The molecule has 0 saturated carbocycles. The van der Waals surface area contributed by atoms with E-state index in [0.717, 1.165) is 11.4 Å². The molecule has 0 amide bonds. The molecule has 1 saturated heterocycles. The van der Waals surface area contributed by atoms with E-state index in [2.05, 4.69) is 4.90 Å². The van der Waals surface area contributed by atoms with E-state index in [1.807, 2.05) is 31.2 Å². The standard InChI is InChI=1S/C19H23FN2O3S/c1-3-25-18-7-5-17(6-8-18)21-10-12-22(13-11-21)26(23,24)19-9-4-16(20)14-15(19)2/h4-9,14H,3,10-13H2,1-2H3. The monoisotopic (exact) mass is 378 g/mol. The van der Waals surface area contributed by atoms with Crippen molar-refractivity contribution in [3.63, 3.8) is 0 Å². The molecule has 0 N–H and O–H groups in total. The van der Waals surface area contributed by atoms with E-state index < -0.39 is 15.8 Å². The molecule has 5 nitrogen and oxygen atoms in total. The summed E-state index contributed by atoms with van der Waals surface area (Å²) in [6.45, 7) is 6.18. The maximum Gasteiger partial charge on any atom is 0.243 e. The number of aryl methyl sites for hydroxylation is 1. The minimum atomic E-state index is -3.61. The molecule has 2 aromatic carbocycles. The van der Waals surface area contributed by atoms with Crippen molar-refractivity contribution in [1.82, 2.24) is 4.31 Å². The van der Waals surface area contributed by atoms with Crippen LogP contribution in [0.1, 0.15) is 12.5 Å². The van der Waals surface area contributed by atoms with Gasteiger partial charge in [0, 0.05) is 31.9 Å². The van der Waals surface area contributed by atoms with Crippen molar-refractivity contribution in [2.75, 3.05) is 37.7 Å². The lowest BCUT2D eigenvalue weighted by molar-refractivity contribution is 0.340. The van der Waals surface area contributed by atoms with Gasteiger partial charge in [-0.3, -0.25) is 0 Å². The van der Waals surface area contributed by atoms with Crippen LogP contribution in [-0.2, 0) is 10.0 Å². The van der Waals surface area contributed by atoms with Gasteiger partial charge < -0.3 is 9.64 Å². The molecule has 0 bridgehead atoms. The molecule has 7 heteroatoms. The van der Waals surface area contributed by atoms with Crippen molar-refractivity contribution in [3.8, 4) is 5.75 Å². The predicted molar refractivity (Wildman–Crippen MR) is 99.7 cm³/mol. The quantitative estimate of drug-likeness (QED) is 0.802. The van der Waals surface area contributed by atoms with Crippen LogP contribution in [0.2, 0.25) is 0 Å². The molecular weight excluding hydrogens is 355 g/mol. The number of nitrogens with zero attached hydrogens (tertiary/aromatic N) is 2. The zero-order valence-electron chi connectivity index (χ0n) is 15.0. The van der Waals surface area contributed by atoms with Gasteiger partial charge in [0.15, 0.2) is 0 Å². The predicted octanol–water partition coefficient (Wildman–Crippen LogP) is 3.04. The molecule has 0 aromatic heterocycles. The molecule has 0 aliphatic carbocycles. The third-order valence-corrected chi connectivity index (χ3v) is 6.57. The first-order chi connectivity index (χ1) is 12.4. The summed E-state index contributed by atoms with van der Waals surface area (Å²) < 4.78 is 45.9. The number of anilines is 1. The van der Waals surface area contributed by atoms with Gasteiger partial charge in [-0.15, -0.1) is 0 Å². The number of piperazine rings is 1. The van der Waals surface area contributed by atoms with Gasteiger partial charge in [0.05, 0.1) is 11.5 Å². The van der Waals surface area contributed by atoms with E-state index in [1.54, 1.807) is 6.92 Å². The van der Waals surface area contributed by atoms with Crippen LogP contribution in [0.3, 0.4) is 0 Å². The Bertz CT molecular complexity index is 861. The smallest absolute Gasteiger partial charge is 0.243 e. The first-order valence-corrected chi connectivity index (χ1v) is 10.1. The third-order valence-electron chi connectivity index (χ3n) is 4.51. The summed E-state index contributed by atoms with van der Waals surface area (Å²) in [4.78, 5) is 2.33. The summed E-state index contributed by atoms with van der Waals surface area (Å²) in [6, 6.07) is 11.6. The lowest BCUT2D eigenvalue weighted by atomic mass is 10.2. The maximum atomic E-state index is 13.3. The Morgan fingerprint density at radius 1 is 1.04 bits per heavy atom. The first-order valence-electron chi connectivity index (χ1n) is 8.66. The number of ether oxygens (including phenoxy) is 1.